The van der Waals surface area contributed by atoms with Gasteiger partial charge in [0.2, 0.25) is 0 Å². The Bertz CT molecular complexity index is 482. The van der Waals surface area contributed by atoms with Crippen LogP contribution in [0.3, 0.4) is 0 Å². The van der Waals surface area contributed by atoms with Gasteiger partial charge in [0.1, 0.15) is 5.78 Å². The molecule has 0 atom stereocenters. The van der Waals surface area contributed by atoms with Gasteiger partial charge in [0.15, 0.2) is 5.78 Å². The fourth-order valence-corrected chi connectivity index (χ4v) is 1.73. The molecule has 1 aromatic carbocycles. The number of Topliss-reactive ketones (excluding diaryl/α,β-unsaturated/α-hetero) is 2. The quantitative estimate of drug-likeness (QED) is 0.237. The zero-order valence-electron chi connectivity index (χ0n) is 10.9. The number of nitro benzene ring substituents is 1. The smallest absolute Gasteiger partial charge is 0.270 e. The van der Waals surface area contributed by atoms with Crippen molar-refractivity contribution in [3.05, 3.63) is 39.9 Å². The van der Waals surface area contributed by atoms with Crippen LogP contribution in [0.4, 0.5) is 5.69 Å². The molecule has 102 valence electrons. The minimum Gasteiger partial charge on any atom is -0.299 e. The SMILES string of the molecule is CCCCCC(=O)CC(=O)c1cccc([N+](=O)[O-])c1. The van der Waals surface area contributed by atoms with Crippen LogP contribution in [0.25, 0.3) is 0 Å². The Morgan fingerprint density at radius 1 is 1.26 bits per heavy atom. The van der Waals surface area contributed by atoms with Gasteiger partial charge in [0, 0.05) is 24.1 Å². The van der Waals surface area contributed by atoms with Crippen LogP contribution in [0, 0.1) is 10.1 Å². The van der Waals surface area contributed by atoms with Gasteiger partial charge in [-0.05, 0) is 6.42 Å². The van der Waals surface area contributed by atoms with Crippen LogP contribution in [0.5, 0.6) is 0 Å². The summed E-state index contributed by atoms with van der Waals surface area (Å²) < 4.78 is 0. The molecule has 0 unspecified atom stereocenters. The Hall–Kier alpha value is -2.04. The number of nitro groups is 1. The minimum atomic E-state index is -0.556. The number of carbonyl (C=O) groups excluding carboxylic acids is 2. The average molecular weight is 263 g/mol. The second-order valence-corrected chi connectivity index (χ2v) is 4.40. The Balaban J connectivity index is 2.60. The number of benzene rings is 1. The highest BCUT2D eigenvalue weighted by atomic mass is 16.6. The van der Waals surface area contributed by atoms with Crippen molar-refractivity contribution in [1.29, 1.82) is 0 Å². The molecule has 1 aromatic rings. The zero-order valence-corrected chi connectivity index (χ0v) is 10.9. The van der Waals surface area contributed by atoms with Crippen molar-refractivity contribution < 1.29 is 14.5 Å². The first-order valence-electron chi connectivity index (χ1n) is 6.34. The van der Waals surface area contributed by atoms with Gasteiger partial charge in [-0.1, -0.05) is 31.9 Å². The molecule has 5 heteroatoms. The van der Waals surface area contributed by atoms with Crippen LogP contribution in [0.2, 0.25) is 0 Å². The van der Waals surface area contributed by atoms with Gasteiger partial charge in [-0.2, -0.15) is 0 Å². The number of non-ortho nitro benzene ring substituents is 1. The predicted octanol–water partition coefficient (Wildman–Crippen LogP) is 3.32. The van der Waals surface area contributed by atoms with Crippen LogP contribution in [-0.2, 0) is 4.79 Å². The predicted molar refractivity (Wildman–Crippen MR) is 71.2 cm³/mol. The molecule has 0 N–H and O–H groups in total. The molecule has 0 aromatic heterocycles. The van der Waals surface area contributed by atoms with Gasteiger partial charge in [-0.25, -0.2) is 0 Å². The van der Waals surface area contributed by atoms with E-state index in [0.717, 1.165) is 19.3 Å². The molecule has 0 spiro atoms. The number of ketones is 2. The lowest BCUT2D eigenvalue weighted by Gasteiger charge is -2.01. The second kappa shape index (κ2) is 7.41. The van der Waals surface area contributed by atoms with E-state index in [-0.39, 0.29) is 29.2 Å². The van der Waals surface area contributed by atoms with Crippen LogP contribution in [0.15, 0.2) is 24.3 Å². The largest absolute Gasteiger partial charge is 0.299 e. The summed E-state index contributed by atoms with van der Waals surface area (Å²) in [6.45, 7) is 2.04. The molecule has 0 radical (unpaired) electrons. The number of rotatable bonds is 8. The van der Waals surface area contributed by atoms with Crippen molar-refractivity contribution in [2.75, 3.05) is 0 Å². The van der Waals surface area contributed by atoms with E-state index in [1.807, 2.05) is 6.92 Å². The number of nitrogens with zero attached hydrogens (tertiary/aromatic N) is 1. The highest BCUT2D eigenvalue weighted by Gasteiger charge is 2.14. The van der Waals surface area contributed by atoms with Crippen molar-refractivity contribution in [3.8, 4) is 0 Å². The molecule has 0 saturated heterocycles. The third kappa shape index (κ3) is 4.99. The standard InChI is InChI=1S/C14H17NO4/c1-2-3-4-8-13(16)10-14(17)11-6-5-7-12(9-11)15(18)19/h5-7,9H,2-4,8,10H2,1H3. The second-order valence-electron chi connectivity index (χ2n) is 4.40. The summed E-state index contributed by atoms with van der Waals surface area (Å²) in [6, 6.07) is 5.48. The molecular formula is C14H17NO4. The number of hydrogen-bond donors (Lipinski definition) is 0. The first-order valence-corrected chi connectivity index (χ1v) is 6.34. The molecule has 0 aliphatic heterocycles. The Kier molecular flexibility index (Phi) is 5.85. The van der Waals surface area contributed by atoms with Gasteiger partial charge in [-0.15, -0.1) is 0 Å². The Morgan fingerprint density at radius 3 is 2.63 bits per heavy atom. The van der Waals surface area contributed by atoms with Gasteiger partial charge in [-0.3, -0.25) is 19.7 Å². The number of hydrogen-bond acceptors (Lipinski definition) is 4. The maximum absolute atomic E-state index is 11.8. The topological polar surface area (TPSA) is 77.3 Å². The van der Waals surface area contributed by atoms with Crippen LogP contribution < -0.4 is 0 Å². The molecule has 19 heavy (non-hydrogen) atoms. The first kappa shape index (κ1) is 15.0. The van der Waals surface area contributed by atoms with E-state index < -0.39 is 4.92 Å². The van der Waals surface area contributed by atoms with Gasteiger partial charge >= 0.3 is 0 Å². The summed E-state index contributed by atoms with van der Waals surface area (Å²) in [7, 11) is 0. The van der Waals surface area contributed by atoms with E-state index in [9.17, 15) is 19.7 Å². The molecule has 0 fully saturated rings. The van der Waals surface area contributed by atoms with E-state index in [1.54, 1.807) is 0 Å². The lowest BCUT2D eigenvalue weighted by Crippen LogP contribution is -2.08. The van der Waals surface area contributed by atoms with E-state index in [4.69, 9.17) is 0 Å². The fourth-order valence-electron chi connectivity index (χ4n) is 1.73. The van der Waals surface area contributed by atoms with Crippen molar-refractivity contribution in [2.45, 2.75) is 39.0 Å². The number of unbranched alkanes of at least 4 members (excludes halogenated alkanes) is 2. The Morgan fingerprint density at radius 2 is 2.00 bits per heavy atom. The maximum atomic E-state index is 11.8. The zero-order chi connectivity index (χ0) is 14.3. The summed E-state index contributed by atoms with van der Waals surface area (Å²) in [5.41, 5.74) is 0.0855. The highest BCUT2D eigenvalue weighted by molar-refractivity contribution is 6.08. The van der Waals surface area contributed by atoms with Gasteiger partial charge in [0.25, 0.3) is 5.69 Å². The van der Waals surface area contributed by atoms with Gasteiger partial charge < -0.3 is 0 Å². The number of carbonyl (C=O) groups is 2. The molecule has 0 bridgehead atoms. The monoisotopic (exact) mass is 263 g/mol. The average Bonchev–Trinajstić information content (AvgIpc) is 2.39. The summed E-state index contributed by atoms with van der Waals surface area (Å²) in [6.07, 6.45) is 3.00. The van der Waals surface area contributed by atoms with Crippen molar-refractivity contribution >= 4 is 17.3 Å². The summed E-state index contributed by atoms with van der Waals surface area (Å²) in [5, 5.41) is 10.6. The highest BCUT2D eigenvalue weighted by Crippen LogP contribution is 2.15. The van der Waals surface area contributed by atoms with Crippen molar-refractivity contribution in [3.63, 3.8) is 0 Å². The molecule has 5 nitrogen and oxygen atoms in total. The van der Waals surface area contributed by atoms with Crippen molar-refractivity contribution in [1.82, 2.24) is 0 Å². The summed E-state index contributed by atoms with van der Waals surface area (Å²) in [4.78, 5) is 33.4. The van der Waals surface area contributed by atoms with Crippen LogP contribution in [-0.4, -0.2) is 16.5 Å². The van der Waals surface area contributed by atoms with E-state index >= 15 is 0 Å². The summed E-state index contributed by atoms with van der Waals surface area (Å²) in [5.74, 6) is -0.463. The minimum absolute atomic E-state index is 0.107. The van der Waals surface area contributed by atoms with Gasteiger partial charge in [0.05, 0.1) is 11.3 Å². The molecule has 0 saturated carbocycles. The molecule has 0 amide bonds. The Labute approximate surface area is 111 Å². The van der Waals surface area contributed by atoms with E-state index in [2.05, 4.69) is 0 Å². The molecule has 0 aliphatic rings. The summed E-state index contributed by atoms with van der Waals surface area (Å²) >= 11 is 0. The van der Waals surface area contributed by atoms with E-state index in [0.29, 0.717) is 6.42 Å². The molecule has 1 rings (SSSR count). The fraction of sp³-hybridized carbons (Fsp3) is 0.429. The molecular weight excluding hydrogens is 246 g/mol. The van der Waals surface area contributed by atoms with Crippen molar-refractivity contribution in [2.24, 2.45) is 0 Å². The third-order valence-corrected chi connectivity index (χ3v) is 2.80. The van der Waals surface area contributed by atoms with E-state index in [1.165, 1.54) is 24.3 Å². The first-order chi connectivity index (χ1) is 9.04. The maximum Gasteiger partial charge on any atom is 0.270 e. The lowest BCUT2D eigenvalue weighted by molar-refractivity contribution is -0.384. The molecule has 0 heterocycles. The third-order valence-electron chi connectivity index (χ3n) is 2.80. The van der Waals surface area contributed by atoms with Crippen LogP contribution in [0.1, 0.15) is 49.4 Å². The normalized spacial score (nSPS) is 10.2. The molecule has 0 aliphatic carbocycles. The van der Waals surface area contributed by atoms with Crippen LogP contribution >= 0.6 is 0 Å². The lowest BCUT2D eigenvalue weighted by atomic mass is 10.0.